The molecule has 0 radical (unpaired) electrons. The quantitative estimate of drug-likeness (QED) is 0.150. The first-order valence-corrected chi connectivity index (χ1v) is 22.6. The van der Waals surface area contributed by atoms with Gasteiger partial charge in [0.1, 0.15) is 0 Å². The van der Waals surface area contributed by atoms with Crippen LogP contribution in [0.4, 0.5) is 45.5 Å². The molecule has 0 N–H and O–H groups in total. The van der Waals surface area contributed by atoms with Gasteiger partial charge in [-0.2, -0.15) is 0 Å². The van der Waals surface area contributed by atoms with Gasteiger partial charge in [-0.25, -0.2) is 0 Å². The SMILES string of the molecule is Cc1cc(P2(=O)N(c3ccccc3)c3ccccc3N2c2ccccc2)ccc1-c1ccc(P2(=O)N(c3ccccc3)c3ccccc3N2c2ccccc2)cc1C. The number of nitrogens with zero attached hydrogens (tertiary/aromatic N) is 4. The lowest BCUT2D eigenvalue weighted by molar-refractivity contribution is 0.581. The van der Waals surface area contributed by atoms with Crippen LogP contribution in [0.25, 0.3) is 11.1 Å². The number of fused-ring (bicyclic) bond motifs is 2. The predicted molar refractivity (Wildman–Crippen MR) is 243 cm³/mol. The summed E-state index contributed by atoms with van der Waals surface area (Å²) in [5, 5.41) is 1.47. The average molecular weight is 791 g/mol. The van der Waals surface area contributed by atoms with E-state index in [4.69, 9.17) is 0 Å². The van der Waals surface area contributed by atoms with Gasteiger partial charge in [0, 0.05) is 22.7 Å². The van der Waals surface area contributed by atoms with E-state index in [2.05, 4.69) is 62.4 Å². The molecule has 0 saturated carbocycles. The molecular formula is C50H40N4O2P2. The zero-order valence-electron chi connectivity index (χ0n) is 32.1. The van der Waals surface area contributed by atoms with Crippen molar-refractivity contribution < 1.29 is 9.13 Å². The van der Waals surface area contributed by atoms with Crippen LogP contribution in [0, 0.1) is 13.8 Å². The maximum absolute atomic E-state index is 16.2. The van der Waals surface area contributed by atoms with Crippen LogP contribution >= 0.6 is 14.9 Å². The van der Waals surface area contributed by atoms with Gasteiger partial charge in [0.05, 0.1) is 33.4 Å². The van der Waals surface area contributed by atoms with Gasteiger partial charge in [-0.3, -0.25) is 27.8 Å². The zero-order valence-corrected chi connectivity index (χ0v) is 33.9. The number of hydrogen-bond acceptors (Lipinski definition) is 2. The van der Waals surface area contributed by atoms with E-state index in [0.717, 1.165) is 78.4 Å². The lowest BCUT2D eigenvalue weighted by Crippen LogP contribution is -2.27. The molecule has 0 spiro atoms. The standard InChI is InChI=1S/C50H40N4O2P2/c1-37-35-43(57(55)51(39-19-7-3-8-20-39)47-27-15-16-28-48(47)52(57)40-21-9-4-10-22-40)31-33-45(37)46-34-32-44(36-38(46)2)58(56)53(41-23-11-5-12-24-41)49-29-17-18-30-50(49)54(58)42-25-13-6-14-26-42/h3-36H,1-2H3. The Kier molecular flexibility index (Phi) is 8.71. The summed E-state index contributed by atoms with van der Waals surface area (Å²) in [6.45, 7) is 4.18. The molecule has 6 nitrogen and oxygen atoms in total. The third-order valence-corrected chi connectivity index (χ3v) is 17.0. The Morgan fingerprint density at radius 3 is 0.793 bits per heavy atom. The summed E-state index contributed by atoms with van der Waals surface area (Å²) in [5.74, 6) is 0. The molecular weight excluding hydrogens is 751 g/mol. The molecule has 0 bridgehead atoms. The first-order chi connectivity index (χ1) is 28.4. The van der Waals surface area contributed by atoms with Crippen molar-refractivity contribution in [1.82, 2.24) is 0 Å². The largest absolute Gasteiger partial charge is 0.301 e. The van der Waals surface area contributed by atoms with E-state index in [9.17, 15) is 0 Å². The summed E-state index contributed by atoms with van der Waals surface area (Å²) in [5.41, 5.74) is 11.1. The number of aryl methyl sites for hydroxylation is 2. The van der Waals surface area contributed by atoms with Crippen LogP contribution in [-0.4, -0.2) is 0 Å². The molecule has 0 amide bonds. The summed E-state index contributed by atoms with van der Waals surface area (Å²) in [7, 11) is -7.06. The van der Waals surface area contributed by atoms with Crippen molar-refractivity contribution in [3.63, 3.8) is 0 Å². The van der Waals surface area contributed by atoms with Crippen molar-refractivity contribution in [1.29, 1.82) is 0 Å². The number of anilines is 8. The molecule has 0 atom stereocenters. The van der Waals surface area contributed by atoms with Crippen molar-refractivity contribution in [2.45, 2.75) is 13.8 Å². The molecule has 0 aliphatic carbocycles. The summed E-state index contributed by atoms with van der Waals surface area (Å²) >= 11 is 0. The smallest absolute Gasteiger partial charge is 0.270 e. The predicted octanol–water partition coefficient (Wildman–Crippen LogP) is 13.6. The van der Waals surface area contributed by atoms with E-state index in [0.29, 0.717) is 0 Å². The molecule has 282 valence electrons. The summed E-state index contributed by atoms with van der Waals surface area (Å²) < 4.78 is 40.6. The molecule has 8 aromatic rings. The second-order valence-corrected chi connectivity index (χ2v) is 19.5. The molecule has 0 aromatic heterocycles. The van der Waals surface area contributed by atoms with Gasteiger partial charge in [-0.1, -0.05) is 109 Å². The van der Waals surface area contributed by atoms with Crippen LogP contribution in [0.15, 0.2) is 206 Å². The number of para-hydroxylation sites is 8. The minimum absolute atomic E-state index is 0.733. The molecule has 0 unspecified atom stereocenters. The fraction of sp³-hybridized carbons (Fsp3) is 0.0400. The molecule has 58 heavy (non-hydrogen) atoms. The Morgan fingerprint density at radius 1 is 0.310 bits per heavy atom. The molecule has 10 rings (SSSR count). The fourth-order valence-electron chi connectivity index (χ4n) is 8.59. The Balaban J connectivity index is 1.10. The highest BCUT2D eigenvalue weighted by molar-refractivity contribution is 7.76. The topological polar surface area (TPSA) is 47.1 Å². The van der Waals surface area contributed by atoms with E-state index in [-0.39, 0.29) is 0 Å². The molecule has 0 fully saturated rings. The van der Waals surface area contributed by atoms with Crippen LogP contribution in [0.5, 0.6) is 0 Å². The molecule has 2 aliphatic rings. The maximum Gasteiger partial charge on any atom is 0.301 e. The molecule has 8 aromatic carbocycles. The van der Waals surface area contributed by atoms with E-state index in [1.54, 1.807) is 0 Å². The normalized spacial score (nSPS) is 15.0. The van der Waals surface area contributed by atoms with Crippen molar-refractivity contribution >= 4 is 71.0 Å². The van der Waals surface area contributed by atoms with Gasteiger partial charge in [0.2, 0.25) is 0 Å². The highest BCUT2D eigenvalue weighted by Gasteiger charge is 2.50. The van der Waals surface area contributed by atoms with Crippen molar-refractivity contribution in [3.05, 3.63) is 217 Å². The van der Waals surface area contributed by atoms with E-state index in [1.165, 1.54) is 0 Å². The third-order valence-electron chi connectivity index (χ3n) is 11.1. The summed E-state index contributed by atoms with van der Waals surface area (Å²) in [6, 6.07) is 68.7. The molecule has 0 saturated heterocycles. The highest BCUT2D eigenvalue weighted by Crippen LogP contribution is 2.71. The van der Waals surface area contributed by atoms with Gasteiger partial charge in [-0.15, -0.1) is 0 Å². The number of hydrogen-bond donors (Lipinski definition) is 0. The van der Waals surface area contributed by atoms with Gasteiger partial charge in [0.15, 0.2) is 0 Å². The van der Waals surface area contributed by atoms with Crippen LogP contribution in [0.1, 0.15) is 11.1 Å². The minimum Gasteiger partial charge on any atom is -0.270 e. The van der Waals surface area contributed by atoms with Crippen molar-refractivity contribution in [2.24, 2.45) is 0 Å². The first kappa shape index (κ1) is 35.8. The van der Waals surface area contributed by atoms with E-state index >= 15 is 9.13 Å². The van der Waals surface area contributed by atoms with Gasteiger partial charge in [-0.05, 0) is 133 Å². The van der Waals surface area contributed by atoms with Crippen molar-refractivity contribution in [3.8, 4) is 11.1 Å². The summed E-state index contributed by atoms with van der Waals surface area (Å²) in [4.78, 5) is 0. The Bertz CT molecular complexity index is 2570. The Hall–Kier alpha value is -6.58. The van der Waals surface area contributed by atoms with Crippen LogP contribution in [-0.2, 0) is 9.13 Å². The lowest BCUT2D eigenvalue weighted by Gasteiger charge is -2.34. The van der Waals surface area contributed by atoms with Crippen LogP contribution in [0.2, 0.25) is 0 Å². The van der Waals surface area contributed by atoms with E-state index < -0.39 is 14.9 Å². The Morgan fingerprint density at radius 2 is 0.552 bits per heavy atom. The maximum atomic E-state index is 16.2. The monoisotopic (exact) mass is 790 g/mol. The first-order valence-electron chi connectivity index (χ1n) is 19.4. The second kappa shape index (κ2) is 14.1. The van der Waals surface area contributed by atoms with Gasteiger partial charge >= 0.3 is 14.9 Å². The highest BCUT2D eigenvalue weighted by atomic mass is 31.2. The lowest BCUT2D eigenvalue weighted by atomic mass is 9.97. The second-order valence-electron chi connectivity index (χ2n) is 14.7. The van der Waals surface area contributed by atoms with Crippen LogP contribution in [0.3, 0.4) is 0 Å². The molecule has 8 heteroatoms. The van der Waals surface area contributed by atoms with E-state index in [1.807, 2.05) is 176 Å². The molecule has 2 heterocycles. The van der Waals surface area contributed by atoms with Crippen LogP contribution < -0.4 is 29.3 Å². The zero-order chi connectivity index (χ0) is 39.4. The third kappa shape index (κ3) is 5.48. The average Bonchev–Trinajstić information content (AvgIpc) is 3.70. The Labute approximate surface area is 339 Å². The minimum atomic E-state index is -3.53. The summed E-state index contributed by atoms with van der Waals surface area (Å²) in [6.07, 6.45) is 0. The number of benzene rings is 8. The fourth-order valence-corrected chi connectivity index (χ4v) is 14.8. The van der Waals surface area contributed by atoms with Gasteiger partial charge in [0.25, 0.3) is 0 Å². The van der Waals surface area contributed by atoms with Crippen molar-refractivity contribution in [2.75, 3.05) is 18.7 Å². The van der Waals surface area contributed by atoms with Gasteiger partial charge < -0.3 is 0 Å². The number of rotatable bonds is 7. The molecule has 2 aliphatic heterocycles.